The van der Waals surface area contributed by atoms with Crippen molar-refractivity contribution in [1.29, 1.82) is 0 Å². The van der Waals surface area contributed by atoms with Crippen LogP contribution in [0.25, 0.3) is 22.2 Å². The first-order chi connectivity index (χ1) is 13.7. The van der Waals surface area contributed by atoms with Gasteiger partial charge in [-0.25, -0.2) is 4.98 Å². The summed E-state index contributed by atoms with van der Waals surface area (Å²) in [6.45, 7) is 0. The molecule has 0 aliphatic carbocycles. The maximum Gasteiger partial charge on any atom is 0.228 e. The van der Waals surface area contributed by atoms with Crippen molar-refractivity contribution in [2.45, 2.75) is 6.42 Å². The largest absolute Gasteiger partial charge is 0.497 e. The van der Waals surface area contributed by atoms with Gasteiger partial charge in [0.2, 0.25) is 5.91 Å². The van der Waals surface area contributed by atoms with Gasteiger partial charge in [0, 0.05) is 16.6 Å². The number of benzene rings is 3. The summed E-state index contributed by atoms with van der Waals surface area (Å²) < 4.78 is 5.15. The van der Waals surface area contributed by atoms with E-state index < -0.39 is 0 Å². The number of rotatable bonds is 5. The summed E-state index contributed by atoms with van der Waals surface area (Å²) >= 11 is 0. The molecule has 3 aromatic carbocycles. The summed E-state index contributed by atoms with van der Waals surface area (Å²) in [6.07, 6.45) is 0.308. The molecule has 0 aliphatic heterocycles. The molecule has 1 aromatic heterocycles. The lowest BCUT2D eigenvalue weighted by atomic mass is 10.1. The molecule has 0 bridgehead atoms. The van der Waals surface area contributed by atoms with Crippen molar-refractivity contribution in [3.8, 4) is 17.0 Å². The molecule has 28 heavy (non-hydrogen) atoms. The predicted molar refractivity (Wildman–Crippen MR) is 113 cm³/mol. The van der Waals surface area contributed by atoms with E-state index in [-0.39, 0.29) is 5.91 Å². The van der Waals surface area contributed by atoms with Gasteiger partial charge in [-0.15, -0.1) is 0 Å². The molecule has 138 valence electrons. The summed E-state index contributed by atoms with van der Waals surface area (Å²) in [5.74, 6) is 0.716. The number of hydrogen-bond donors (Lipinski definition) is 1. The molecule has 0 saturated carbocycles. The molecule has 4 aromatic rings. The maximum atomic E-state index is 12.4. The van der Waals surface area contributed by atoms with E-state index in [4.69, 9.17) is 9.72 Å². The second-order valence-electron chi connectivity index (χ2n) is 6.54. The second-order valence-corrected chi connectivity index (χ2v) is 6.54. The Morgan fingerprint density at radius 3 is 2.57 bits per heavy atom. The van der Waals surface area contributed by atoms with Gasteiger partial charge < -0.3 is 10.1 Å². The lowest BCUT2D eigenvalue weighted by Gasteiger charge is -2.09. The molecular formula is C24H20N2O2. The first-order valence-electron chi connectivity index (χ1n) is 9.10. The summed E-state index contributed by atoms with van der Waals surface area (Å²) in [5.41, 5.74) is 4.49. The van der Waals surface area contributed by atoms with Crippen LogP contribution in [0.2, 0.25) is 0 Å². The van der Waals surface area contributed by atoms with E-state index in [0.29, 0.717) is 6.42 Å². The van der Waals surface area contributed by atoms with Gasteiger partial charge in [0.1, 0.15) is 5.75 Å². The van der Waals surface area contributed by atoms with Crippen molar-refractivity contribution in [2.75, 3.05) is 12.4 Å². The highest BCUT2D eigenvalue weighted by atomic mass is 16.5. The van der Waals surface area contributed by atoms with Crippen molar-refractivity contribution in [2.24, 2.45) is 0 Å². The highest BCUT2D eigenvalue weighted by molar-refractivity contribution is 5.93. The Bertz CT molecular complexity index is 1120. The maximum absolute atomic E-state index is 12.4. The molecule has 4 heteroatoms. The van der Waals surface area contributed by atoms with Gasteiger partial charge in [-0.1, -0.05) is 48.5 Å². The molecule has 0 unspecified atom stereocenters. The Labute approximate surface area is 163 Å². The highest BCUT2D eigenvalue weighted by Crippen LogP contribution is 2.23. The number of para-hydroxylation sites is 1. The minimum atomic E-state index is -0.0613. The van der Waals surface area contributed by atoms with Crippen LogP contribution in [0.3, 0.4) is 0 Å². The Kier molecular flexibility index (Phi) is 5.02. The standard InChI is InChI=1S/C24H20N2O2/c1-28-21-12-9-17(10-13-21)15-24(27)25-20-7-4-6-19(16-20)23-14-11-18-5-2-3-8-22(18)26-23/h2-14,16H,15H2,1H3,(H,25,27). The molecule has 0 radical (unpaired) electrons. The Hall–Kier alpha value is -3.66. The van der Waals surface area contributed by atoms with Gasteiger partial charge >= 0.3 is 0 Å². The number of hydrogen-bond acceptors (Lipinski definition) is 3. The van der Waals surface area contributed by atoms with Crippen molar-refractivity contribution in [1.82, 2.24) is 4.98 Å². The fourth-order valence-electron chi connectivity index (χ4n) is 3.12. The van der Waals surface area contributed by atoms with Crippen LogP contribution in [-0.4, -0.2) is 18.0 Å². The zero-order valence-electron chi connectivity index (χ0n) is 15.6. The number of ether oxygens (including phenoxy) is 1. The Balaban J connectivity index is 1.50. The van der Waals surface area contributed by atoms with Crippen LogP contribution in [0.5, 0.6) is 5.75 Å². The second kappa shape index (κ2) is 7.92. The number of carbonyl (C=O) groups is 1. The SMILES string of the molecule is COc1ccc(CC(=O)Nc2cccc(-c3ccc4ccccc4n3)c2)cc1. The number of amides is 1. The van der Waals surface area contributed by atoms with E-state index in [1.807, 2.05) is 78.9 Å². The van der Waals surface area contributed by atoms with Crippen molar-refractivity contribution in [3.05, 3.63) is 90.5 Å². The molecule has 0 atom stereocenters. The molecule has 0 spiro atoms. The smallest absolute Gasteiger partial charge is 0.228 e. The quantitative estimate of drug-likeness (QED) is 0.534. The molecule has 1 heterocycles. The van der Waals surface area contributed by atoms with Crippen molar-refractivity contribution >= 4 is 22.5 Å². The first kappa shape index (κ1) is 17.7. The van der Waals surface area contributed by atoms with Crippen LogP contribution in [0.15, 0.2) is 84.9 Å². The highest BCUT2D eigenvalue weighted by Gasteiger charge is 2.07. The van der Waals surface area contributed by atoms with E-state index >= 15 is 0 Å². The third-order valence-electron chi connectivity index (χ3n) is 4.56. The molecule has 1 N–H and O–H groups in total. The predicted octanol–water partition coefficient (Wildman–Crippen LogP) is 5.09. The van der Waals surface area contributed by atoms with E-state index in [1.165, 1.54) is 0 Å². The van der Waals surface area contributed by atoms with Gasteiger partial charge in [0.25, 0.3) is 0 Å². The minimum absolute atomic E-state index is 0.0613. The number of carbonyl (C=O) groups excluding carboxylic acids is 1. The first-order valence-corrected chi connectivity index (χ1v) is 9.10. The van der Waals surface area contributed by atoms with Gasteiger partial charge in [-0.2, -0.15) is 0 Å². The lowest BCUT2D eigenvalue weighted by molar-refractivity contribution is -0.115. The molecule has 4 rings (SSSR count). The topological polar surface area (TPSA) is 51.2 Å². The van der Waals surface area contributed by atoms with Gasteiger partial charge in [-0.05, 0) is 42.0 Å². The Morgan fingerprint density at radius 2 is 1.75 bits per heavy atom. The third-order valence-corrected chi connectivity index (χ3v) is 4.56. The summed E-state index contributed by atoms with van der Waals surface area (Å²) in [6, 6.07) is 27.3. The Morgan fingerprint density at radius 1 is 0.929 bits per heavy atom. The van der Waals surface area contributed by atoms with Crippen LogP contribution in [0.1, 0.15) is 5.56 Å². The number of anilines is 1. The fraction of sp³-hybridized carbons (Fsp3) is 0.0833. The fourth-order valence-corrected chi connectivity index (χ4v) is 3.12. The van der Waals surface area contributed by atoms with E-state index in [9.17, 15) is 4.79 Å². The molecule has 1 amide bonds. The normalized spacial score (nSPS) is 10.6. The zero-order chi connectivity index (χ0) is 19.3. The van der Waals surface area contributed by atoms with E-state index in [1.54, 1.807) is 7.11 Å². The monoisotopic (exact) mass is 368 g/mol. The number of fused-ring (bicyclic) bond motifs is 1. The summed E-state index contributed by atoms with van der Waals surface area (Å²) in [5, 5.41) is 4.08. The number of nitrogens with one attached hydrogen (secondary N) is 1. The lowest BCUT2D eigenvalue weighted by Crippen LogP contribution is -2.14. The van der Waals surface area contributed by atoms with Crippen LogP contribution < -0.4 is 10.1 Å². The van der Waals surface area contributed by atoms with Crippen LogP contribution in [-0.2, 0) is 11.2 Å². The minimum Gasteiger partial charge on any atom is -0.497 e. The van der Waals surface area contributed by atoms with Crippen LogP contribution >= 0.6 is 0 Å². The molecule has 0 fully saturated rings. The molecular weight excluding hydrogens is 348 g/mol. The van der Waals surface area contributed by atoms with Crippen LogP contribution in [0.4, 0.5) is 5.69 Å². The van der Waals surface area contributed by atoms with Gasteiger partial charge in [0.15, 0.2) is 0 Å². The zero-order valence-corrected chi connectivity index (χ0v) is 15.6. The van der Waals surface area contributed by atoms with E-state index in [0.717, 1.165) is 39.2 Å². The molecule has 0 saturated heterocycles. The van der Waals surface area contributed by atoms with Crippen LogP contribution in [0, 0.1) is 0 Å². The summed E-state index contributed by atoms with van der Waals surface area (Å²) in [7, 11) is 1.62. The number of nitrogens with zero attached hydrogens (tertiary/aromatic N) is 1. The molecule has 4 nitrogen and oxygen atoms in total. The molecule has 0 aliphatic rings. The average Bonchev–Trinajstić information content (AvgIpc) is 2.74. The third kappa shape index (κ3) is 4.01. The van der Waals surface area contributed by atoms with Gasteiger partial charge in [-0.3, -0.25) is 4.79 Å². The number of pyridine rings is 1. The van der Waals surface area contributed by atoms with Crippen molar-refractivity contribution in [3.63, 3.8) is 0 Å². The summed E-state index contributed by atoms with van der Waals surface area (Å²) in [4.78, 5) is 17.1. The van der Waals surface area contributed by atoms with E-state index in [2.05, 4.69) is 11.4 Å². The average molecular weight is 368 g/mol. The van der Waals surface area contributed by atoms with Crippen molar-refractivity contribution < 1.29 is 9.53 Å². The van der Waals surface area contributed by atoms with Gasteiger partial charge in [0.05, 0.1) is 24.7 Å². The number of aromatic nitrogens is 1. The number of methoxy groups -OCH3 is 1.